The number of rotatable bonds is 5. The molecule has 1 atom stereocenters. The van der Waals surface area contributed by atoms with E-state index in [0.29, 0.717) is 17.9 Å². The van der Waals surface area contributed by atoms with Gasteiger partial charge < -0.3 is 15.4 Å². The molecule has 1 aromatic carbocycles. The molecule has 0 aliphatic carbocycles. The van der Waals surface area contributed by atoms with Gasteiger partial charge in [0.15, 0.2) is 6.61 Å². The van der Waals surface area contributed by atoms with Crippen LogP contribution >= 0.6 is 0 Å². The minimum absolute atomic E-state index is 0.118. The van der Waals surface area contributed by atoms with Crippen molar-refractivity contribution in [3.8, 4) is 5.75 Å². The molecule has 1 amide bonds. The first-order valence-corrected chi connectivity index (χ1v) is 5.87. The molecule has 0 heterocycles. The van der Waals surface area contributed by atoms with Gasteiger partial charge in [0.1, 0.15) is 11.6 Å². The number of carbonyl (C=O) groups is 1. The molecule has 0 radical (unpaired) electrons. The average Bonchev–Trinajstić information content (AvgIpc) is 2.34. The first-order valence-electron chi connectivity index (χ1n) is 5.87. The van der Waals surface area contributed by atoms with Crippen LogP contribution in [0.3, 0.4) is 0 Å². The number of amides is 1. The highest BCUT2D eigenvalue weighted by atomic mass is 19.1. The highest BCUT2D eigenvalue weighted by Crippen LogP contribution is 2.24. The standard InChI is InChI=1S/C13H19FN2O2/c1-4-16(3)13(17)8-18-12-7-10(14)5-6-11(12)9(2)15/h5-7,9H,4,8,15H2,1-3H3/t9-/m0/s1. The first kappa shape index (κ1) is 14.4. The van der Waals surface area contributed by atoms with Crippen LogP contribution in [-0.2, 0) is 4.79 Å². The lowest BCUT2D eigenvalue weighted by Crippen LogP contribution is -2.31. The van der Waals surface area contributed by atoms with E-state index in [2.05, 4.69) is 0 Å². The number of hydrogen-bond acceptors (Lipinski definition) is 3. The van der Waals surface area contributed by atoms with Gasteiger partial charge in [-0.1, -0.05) is 6.07 Å². The number of nitrogens with two attached hydrogens (primary N) is 1. The summed E-state index contributed by atoms with van der Waals surface area (Å²) in [5.41, 5.74) is 6.44. The molecule has 0 bridgehead atoms. The molecular formula is C13H19FN2O2. The maximum Gasteiger partial charge on any atom is 0.260 e. The zero-order valence-corrected chi connectivity index (χ0v) is 10.9. The van der Waals surface area contributed by atoms with Crippen LogP contribution in [0.25, 0.3) is 0 Å². The highest BCUT2D eigenvalue weighted by Gasteiger charge is 2.12. The predicted molar refractivity (Wildman–Crippen MR) is 67.8 cm³/mol. The van der Waals surface area contributed by atoms with Crippen molar-refractivity contribution in [3.63, 3.8) is 0 Å². The zero-order valence-electron chi connectivity index (χ0n) is 10.9. The number of carbonyl (C=O) groups excluding carboxylic acids is 1. The lowest BCUT2D eigenvalue weighted by molar-refractivity contribution is -0.131. The lowest BCUT2D eigenvalue weighted by atomic mass is 10.1. The molecule has 1 aromatic rings. The van der Waals surface area contributed by atoms with Gasteiger partial charge in [0, 0.05) is 31.3 Å². The second kappa shape index (κ2) is 6.35. The molecule has 0 saturated heterocycles. The molecule has 0 saturated carbocycles. The summed E-state index contributed by atoms with van der Waals surface area (Å²) in [7, 11) is 1.68. The summed E-state index contributed by atoms with van der Waals surface area (Å²) in [5, 5.41) is 0. The molecule has 4 nitrogen and oxygen atoms in total. The molecule has 5 heteroatoms. The second-order valence-electron chi connectivity index (χ2n) is 4.17. The summed E-state index contributed by atoms with van der Waals surface area (Å²) in [6.45, 7) is 4.13. The molecule has 0 unspecified atom stereocenters. The summed E-state index contributed by atoms with van der Waals surface area (Å²) in [6, 6.07) is 3.87. The fraction of sp³-hybridized carbons (Fsp3) is 0.462. The number of nitrogens with zero attached hydrogens (tertiary/aromatic N) is 1. The van der Waals surface area contributed by atoms with Crippen LogP contribution < -0.4 is 10.5 Å². The van der Waals surface area contributed by atoms with Crippen LogP contribution in [0.5, 0.6) is 5.75 Å². The van der Waals surface area contributed by atoms with Gasteiger partial charge in [0.25, 0.3) is 5.91 Å². The molecule has 1 rings (SSSR count). The van der Waals surface area contributed by atoms with Crippen molar-refractivity contribution in [1.82, 2.24) is 4.90 Å². The maximum atomic E-state index is 13.1. The van der Waals surface area contributed by atoms with Crippen LogP contribution in [0, 0.1) is 5.82 Å². The van der Waals surface area contributed by atoms with E-state index in [0.717, 1.165) is 0 Å². The van der Waals surface area contributed by atoms with E-state index < -0.39 is 5.82 Å². The monoisotopic (exact) mass is 254 g/mol. The molecule has 0 aliphatic rings. The van der Waals surface area contributed by atoms with Crippen molar-refractivity contribution < 1.29 is 13.9 Å². The Morgan fingerprint density at radius 3 is 2.78 bits per heavy atom. The highest BCUT2D eigenvalue weighted by molar-refractivity contribution is 5.77. The molecule has 2 N–H and O–H groups in total. The maximum absolute atomic E-state index is 13.1. The predicted octanol–water partition coefficient (Wildman–Crippen LogP) is 1.70. The van der Waals surface area contributed by atoms with Crippen LogP contribution in [0.15, 0.2) is 18.2 Å². The topological polar surface area (TPSA) is 55.6 Å². The number of ether oxygens (including phenoxy) is 1. The summed E-state index contributed by atoms with van der Waals surface area (Å²) in [4.78, 5) is 13.1. The second-order valence-corrected chi connectivity index (χ2v) is 4.17. The van der Waals surface area contributed by atoms with Crippen molar-refractivity contribution >= 4 is 5.91 Å². The Bertz CT molecular complexity index is 421. The fourth-order valence-corrected chi connectivity index (χ4v) is 1.44. The number of benzene rings is 1. The third-order valence-electron chi connectivity index (χ3n) is 2.72. The Morgan fingerprint density at radius 1 is 1.56 bits per heavy atom. The van der Waals surface area contributed by atoms with Gasteiger partial charge in [-0.2, -0.15) is 0 Å². The lowest BCUT2D eigenvalue weighted by Gasteiger charge is -2.17. The number of likely N-dealkylation sites (N-methyl/N-ethyl adjacent to an activating group) is 1. The van der Waals surface area contributed by atoms with Crippen molar-refractivity contribution in [1.29, 1.82) is 0 Å². The van der Waals surface area contributed by atoms with E-state index in [4.69, 9.17) is 10.5 Å². The van der Waals surface area contributed by atoms with E-state index >= 15 is 0 Å². The molecule has 0 aliphatic heterocycles. The quantitative estimate of drug-likeness (QED) is 0.870. The minimum atomic E-state index is -0.411. The third-order valence-corrected chi connectivity index (χ3v) is 2.72. The minimum Gasteiger partial charge on any atom is -0.483 e. The van der Waals surface area contributed by atoms with Gasteiger partial charge in [-0.05, 0) is 19.9 Å². The summed E-state index contributed by atoms with van der Waals surface area (Å²) < 4.78 is 18.5. The first-order chi connectivity index (χ1) is 8.45. The Balaban J connectivity index is 2.77. The SMILES string of the molecule is CCN(C)C(=O)COc1cc(F)ccc1[C@H](C)N. The molecule has 18 heavy (non-hydrogen) atoms. The van der Waals surface area contributed by atoms with Crippen molar-refractivity contribution in [2.75, 3.05) is 20.2 Å². The van der Waals surface area contributed by atoms with Crippen LogP contribution in [0.1, 0.15) is 25.5 Å². The molecule has 0 spiro atoms. The van der Waals surface area contributed by atoms with Crippen LogP contribution in [0.2, 0.25) is 0 Å². The van der Waals surface area contributed by atoms with E-state index in [1.807, 2.05) is 6.92 Å². The number of halogens is 1. The zero-order chi connectivity index (χ0) is 13.7. The van der Waals surface area contributed by atoms with Gasteiger partial charge in [-0.15, -0.1) is 0 Å². The summed E-state index contributed by atoms with van der Waals surface area (Å²) in [6.07, 6.45) is 0. The normalized spacial score (nSPS) is 12.1. The van der Waals surface area contributed by atoms with Gasteiger partial charge in [-0.3, -0.25) is 4.79 Å². The molecule has 0 aromatic heterocycles. The Hall–Kier alpha value is -1.62. The van der Waals surface area contributed by atoms with Gasteiger partial charge in [0.2, 0.25) is 0 Å². The summed E-state index contributed by atoms with van der Waals surface area (Å²) >= 11 is 0. The fourth-order valence-electron chi connectivity index (χ4n) is 1.44. The van der Waals surface area contributed by atoms with Crippen molar-refractivity contribution in [3.05, 3.63) is 29.6 Å². The van der Waals surface area contributed by atoms with E-state index in [9.17, 15) is 9.18 Å². The number of hydrogen-bond donors (Lipinski definition) is 1. The van der Waals surface area contributed by atoms with Crippen molar-refractivity contribution in [2.45, 2.75) is 19.9 Å². The van der Waals surface area contributed by atoms with E-state index in [1.54, 1.807) is 20.0 Å². The van der Waals surface area contributed by atoms with Gasteiger partial charge in [-0.25, -0.2) is 4.39 Å². The van der Waals surface area contributed by atoms with Crippen molar-refractivity contribution in [2.24, 2.45) is 5.73 Å². The van der Waals surface area contributed by atoms with Crippen LogP contribution in [-0.4, -0.2) is 31.0 Å². The largest absolute Gasteiger partial charge is 0.483 e. The Labute approximate surface area is 107 Å². The van der Waals surface area contributed by atoms with Gasteiger partial charge in [0.05, 0.1) is 0 Å². The van der Waals surface area contributed by atoms with E-state index in [-0.39, 0.29) is 18.6 Å². The molecular weight excluding hydrogens is 235 g/mol. The third kappa shape index (κ3) is 3.70. The average molecular weight is 254 g/mol. The smallest absolute Gasteiger partial charge is 0.260 e. The van der Waals surface area contributed by atoms with Gasteiger partial charge >= 0.3 is 0 Å². The summed E-state index contributed by atoms with van der Waals surface area (Å²) in [5.74, 6) is -0.245. The molecule has 100 valence electrons. The Morgan fingerprint density at radius 2 is 2.22 bits per heavy atom. The Kier molecular flexibility index (Phi) is 5.09. The van der Waals surface area contributed by atoms with Crippen LogP contribution in [0.4, 0.5) is 4.39 Å². The molecule has 0 fully saturated rings. The van der Waals surface area contributed by atoms with E-state index in [1.165, 1.54) is 17.0 Å².